The molecule has 162 valence electrons. The lowest BCUT2D eigenvalue weighted by Gasteiger charge is -2.21. The Hall–Kier alpha value is -3.62. The van der Waals surface area contributed by atoms with E-state index >= 15 is 0 Å². The lowest BCUT2D eigenvalue weighted by Crippen LogP contribution is -2.29. The van der Waals surface area contributed by atoms with Crippen molar-refractivity contribution >= 4 is 27.4 Å². The van der Waals surface area contributed by atoms with Gasteiger partial charge in [0.25, 0.3) is 0 Å². The monoisotopic (exact) mass is 428 g/mol. The topological polar surface area (TPSA) is 17.0 Å². The van der Waals surface area contributed by atoms with E-state index in [0.29, 0.717) is 23.9 Å². The largest absolute Gasteiger partial charge is 0.309 e. The zero-order chi connectivity index (χ0) is 22.4. The number of aromatic nitrogens is 1. The molecule has 1 aliphatic heterocycles. The first-order valence-corrected chi connectivity index (χ1v) is 11.8. The molecule has 0 bridgehead atoms. The number of benzene rings is 3. The van der Waals surface area contributed by atoms with Gasteiger partial charge in [-0.25, -0.2) is 0 Å². The zero-order valence-corrected chi connectivity index (χ0v) is 18.9. The zero-order valence-electron chi connectivity index (χ0n) is 18.9. The van der Waals surface area contributed by atoms with Crippen LogP contribution in [0.1, 0.15) is 12.5 Å². The highest BCUT2D eigenvalue weighted by atomic mass is 15.0. The van der Waals surface area contributed by atoms with E-state index in [2.05, 4.69) is 127 Å². The molecule has 3 aromatic carbocycles. The third-order valence-corrected chi connectivity index (χ3v) is 7.30. The summed E-state index contributed by atoms with van der Waals surface area (Å²) in [5.74, 6) is 1.03. The summed E-state index contributed by atoms with van der Waals surface area (Å²) in [5, 5.41) is 6.35. The second-order valence-electron chi connectivity index (χ2n) is 9.18. The summed E-state index contributed by atoms with van der Waals surface area (Å²) in [4.78, 5) is 0. The number of hydrogen-bond donors (Lipinski definition) is 1. The quantitative estimate of drug-likeness (QED) is 0.344. The van der Waals surface area contributed by atoms with Crippen LogP contribution in [0.2, 0.25) is 0 Å². The van der Waals surface area contributed by atoms with Crippen molar-refractivity contribution in [2.24, 2.45) is 11.8 Å². The maximum absolute atomic E-state index is 3.81. The predicted octanol–water partition coefficient (Wildman–Crippen LogP) is 7.07. The maximum Gasteiger partial charge on any atom is 0.0541 e. The summed E-state index contributed by atoms with van der Waals surface area (Å²) in [6.07, 6.45) is 13.3. The van der Waals surface area contributed by atoms with Gasteiger partial charge in [-0.3, -0.25) is 0 Å². The number of hydrogen-bond acceptors (Lipinski definition) is 1. The number of rotatable bonds is 4. The van der Waals surface area contributed by atoms with E-state index in [4.69, 9.17) is 0 Å². The molecule has 33 heavy (non-hydrogen) atoms. The highest BCUT2D eigenvalue weighted by molar-refractivity contribution is 6.10. The second kappa shape index (κ2) is 8.06. The normalized spacial score (nSPS) is 24.5. The van der Waals surface area contributed by atoms with E-state index in [9.17, 15) is 0 Å². The van der Waals surface area contributed by atoms with E-state index in [1.54, 1.807) is 0 Å². The van der Waals surface area contributed by atoms with Crippen molar-refractivity contribution in [1.82, 2.24) is 9.88 Å². The molecule has 0 spiro atoms. The van der Waals surface area contributed by atoms with Gasteiger partial charge in [0.15, 0.2) is 0 Å². The van der Waals surface area contributed by atoms with Gasteiger partial charge in [-0.1, -0.05) is 92.4 Å². The average molecular weight is 429 g/mol. The molecule has 1 aliphatic carbocycles. The minimum Gasteiger partial charge on any atom is -0.309 e. The summed E-state index contributed by atoms with van der Waals surface area (Å²) < 4.78 is 2.37. The fourth-order valence-electron chi connectivity index (χ4n) is 5.59. The van der Waals surface area contributed by atoms with E-state index < -0.39 is 0 Å². The third kappa shape index (κ3) is 3.30. The van der Waals surface area contributed by atoms with Gasteiger partial charge in [0.1, 0.15) is 0 Å². The maximum atomic E-state index is 3.81. The highest BCUT2D eigenvalue weighted by Crippen LogP contribution is 2.38. The number of allylic oxidation sites excluding steroid dienone is 4. The summed E-state index contributed by atoms with van der Waals surface area (Å²) in [6, 6.07) is 27.1. The van der Waals surface area contributed by atoms with Gasteiger partial charge in [0.2, 0.25) is 0 Å². The van der Waals surface area contributed by atoms with Crippen molar-refractivity contribution in [3.05, 3.63) is 121 Å². The van der Waals surface area contributed by atoms with Gasteiger partial charge in [-0.15, -0.1) is 0 Å². The van der Waals surface area contributed by atoms with E-state index in [1.807, 2.05) is 6.08 Å². The molecule has 0 radical (unpaired) electrons. The Balaban J connectivity index is 1.45. The number of fused-ring (bicyclic) bond motifs is 4. The van der Waals surface area contributed by atoms with Crippen LogP contribution in [0.5, 0.6) is 0 Å². The first-order valence-electron chi connectivity index (χ1n) is 11.8. The van der Waals surface area contributed by atoms with Crippen LogP contribution in [-0.2, 0) is 0 Å². The fraction of sp³-hybridized carbons (Fsp3) is 0.161. The van der Waals surface area contributed by atoms with E-state index in [-0.39, 0.29) is 0 Å². The highest BCUT2D eigenvalue weighted by Gasteiger charge is 2.37. The summed E-state index contributed by atoms with van der Waals surface area (Å²) >= 11 is 0. The van der Waals surface area contributed by atoms with Gasteiger partial charge in [-0.05, 0) is 47.4 Å². The molecule has 2 nitrogen and oxygen atoms in total. The van der Waals surface area contributed by atoms with E-state index in [0.717, 1.165) is 0 Å². The van der Waals surface area contributed by atoms with Gasteiger partial charge in [0, 0.05) is 34.5 Å². The molecule has 2 aliphatic rings. The lowest BCUT2D eigenvalue weighted by atomic mass is 9.82. The van der Waals surface area contributed by atoms with Gasteiger partial charge in [-0.2, -0.15) is 0 Å². The molecule has 1 fully saturated rings. The smallest absolute Gasteiger partial charge is 0.0541 e. The molecule has 2 heterocycles. The Bertz CT molecular complexity index is 1430. The molecule has 4 atom stereocenters. The summed E-state index contributed by atoms with van der Waals surface area (Å²) in [7, 11) is 0. The minimum atomic E-state index is 0.379. The summed E-state index contributed by atoms with van der Waals surface area (Å²) in [6.45, 7) is 6.16. The van der Waals surface area contributed by atoms with Crippen LogP contribution in [0, 0.1) is 11.8 Å². The van der Waals surface area contributed by atoms with Crippen LogP contribution in [-0.4, -0.2) is 16.7 Å². The molecule has 0 amide bonds. The van der Waals surface area contributed by atoms with Crippen LogP contribution < -0.4 is 5.32 Å². The lowest BCUT2D eigenvalue weighted by molar-refractivity contribution is 0.480. The molecule has 1 N–H and O–H groups in total. The molecular weight excluding hydrogens is 400 g/mol. The average Bonchev–Trinajstić information content (AvgIpc) is 3.37. The second-order valence-corrected chi connectivity index (χ2v) is 9.18. The molecule has 1 saturated heterocycles. The molecule has 0 saturated carbocycles. The Labute approximate surface area is 195 Å². The van der Waals surface area contributed by atoms with Crippen molar-refractivity contribution in [3.63, 3.8) is 0 Å². The van der Waals surface area contributed by atoms with Crippen LogP contribution in [0.15, 0.2) is 116 Å². The minimum absolute atomic E-state index is 0.379. The number of nitrogens with zero attached hydrogens (tertiary/aromatic N) is 1. The Morgan fingerprint density at radius 1 is 0.909 bits per heavy atom. The first-order chi connectivity index (χ1) is 16.2. The van der Waals surface area contributed by atoms with E-state index in [1.165, 1.54) is 38.6 Å². The van der Waals surface area contributed by atoms with Crippen molar-refractivity contribution < 1.29 is 0 Å². The standard InChI is InChI=1S/C31H28N2/c1-3-4-13-28-21(2)26-19-22(15-17-29(26)32-28)23-16-18-31-27(20-23)25-12-8-9-14-30(25)33(31)24-10-6-5-7-11-24/h3-21,26,28-29,32H,1H2,2H3/b13-4-. The van der Waals surface area contributed by atoms with Crippen molar-refractivity contribution in [1.29, 1.82) is 0 Å². The van der Waals surface area contributed by atoms with Crippen molar-refractivity contribution in [2.45, 2.75) is 19.0 Å². The van der Waals surface area contributed by atoms with Gasteiger partial charge < -0.3 is 9.88 Å². The van der Waals surface area contributed by atoms with Crippen LogP contribution in [0.3, 0.4) is 0 Å². The Morgan fingerprint density at radius 3 is 2.55 bits per heavy atom. The Morgan fingerprint density at radius 2 is 1.70 bits per heavy atom. The Kier molecular flexibility index (Phi) is 4.89. The summed E-state index contributed by atoms with van der Waals surface area (Å²) in [5.41, 5.74) is 6.28. The first kappa shape index (κ1) is 20.0. The molecule has 4 unspecified atom stereocenters. The van der Waals surface area contributed by atoms with Crippen LogP contribution >= 0.6 is 0 Å². The molecule has 4 aromatic rings. The predicted molar refractivity (Wildman–Crippen MR) is 141 cm³/mol. The van der Waals surface area contributed by atoms with Crippen molar-refractivity contribution in [3.8, 4) is 5.69 Å². The number of nitrogens with one attached hydrogen (secondary N) is 1. The number of para-hydroxylation sites is 2. The molecule has 6 rings (SSSR count). The van der Waals surface area contributed by atoms with Crippen molar-refractivity contribution in [2.75, 3.05) is 0 Å². The van der Waals surface area contributed by atoms with Crippen LogP contribution in [0.25, 0.3) is 33.1 Å². The van der Waals surface area contributed by atoms with Gasteiger partial charge >= 0.3 is 0 Å². The SMILES string of the molecule is C=C/C=C\C1NC2C=CC(c3ccc4c(c3)c3ccccc3n4-c3ccccc3)=CC2C1C. The van der Waals surface area contributed by atoms with Crippen LogP contribution in [0.4, 0.5) is 0 Å². The third-order valence-electron chi connectivity index (χ3n) is 7.30. The van der Waals surface area contributed by atoms with Gasteiger partial charge in [0.05, 0.1) is 11.0 Å². The molecule has 1 aromatic heterocycles. The molecule has 2 heteroatoms. The molecular formula is C31H28N2. The fourth-order valence-corrected chi connectivity index (χ4v) is 5.59.